The van der Waals surface area contributed by atoms with Crippen LogP contribution in [0.4, 0.5) is 5.69 Å². The van der Waals surface area contributed by atoms with Crippen LogP contribution < -0.4 is 5.32 Å². The topological polar surface area (TPSA) is 42.2 Å². The molecule has 0 radical (unpaired) electrons. The Morgan fingerprint density at radius 2 is 1.83 bits per heavy atom. The van der Waals surface area contributed by atoms with Crippen LogP contribution in [0.2, 0.25) is 5.02 Å². The molecule has 3 nitrogen and oxygen atoms in total. The highest BCUT2D eigenvalue weighted by Crippen LogP contribution is 2.32. The van der Waals surface area contributed by atoms with E-state index < -0.39 is 0 Å². The maximum atomic E-state index is 12.6. The summed E-state index contributed by atoms with van der Waals surface area (Å²) in [5.41, 5.74) is 2.06. The van der Waals surface area contributed by atoms with Crippen LogP contribution in [0.25, 0.3) is 11.3 Å². The fourth-order valence-electron chi connectivity index (χ4n) is 2.44. The standard InChI is InChI=1S/C19H16ClNO2S/c1-12-14(11-17(23-12)13-7-3-4-8-15(13)20)19(22)21-16-9-5-6-10-18(16)24-2/h3-11H,1-2H3,(H,21,22). The van der Waals surface area contributed by atoms with E-state index in [0.29, 0.717) is 22.1 Å². The van der Waals surface area contributed by atoms with Gasteiger partial charge < -0.3 is 9.73 Å². The van der Waals surface area contributed by atoms with Crippen molar-refractivity contribution < 1.29 is 9.21 Å². The van der Waals surface area contributed by atoms with Crippen LogP contribution >= 0.6 is 23.4 Å². The molecule has 24 heavy (non-hydrogen) atoms. The van der Waals surface area contributed by atoms with E-state index in [0.717, 1.165) is 16.1 Å². The Balaban J connectivity index is 1.90. The number of furan rings is 1. The second-order valence-corrected chi connectivity index (χ2v) is 6.47. The second-order valence-electron chi connectivity index (χ2n) is 5.21. The molecule has 0 aliphatic heterocycles. The zero-order chi connectivity index (χ0) is 17.1. The van der Waals surface area contributed by atoms with Gasteiger partial charge in [0, 0.05) is 10.5 Å². The molecule has 0 bridgehead atoms. The number of carbonyl (C=O) groups excluding carboxylic acids is 1. The maximum absolute atomic E-state index is 12.6. The number of aryl methyl sites for hydroxylation is 1. The van der Waals surface area contributed by atoms with E-state index >= 15 is 0 Å². The number of thioether (sulfide) groups is 1. The number of anilines is 1. The molecule has 0 atom stereocenters. The molecular weight excluding hydrogens is 342 g/mol. The molecule has 0 saturated heterocycles. The van der Waals surface area contributed by atoms with Gasteiger partial charge in [-0.15, -0.1) is 11.8 Å². The van der Waals surface area contributed by atoms with Gasteiger partial charge in [0.2, 0.25) is 0 Å². The van der Waals surface area contributed by atoms with Gasteiger partial charge in [-0.2, -0.15) is 0 Å². The number of amides is 1. The van der Waals surface area contributed by atoms with Crippen molar-refractivity contribution in [3.8, 4) is 11.3 Å². The summed E-state index contributed by atoms with van der Waals surface area (Å²) in [6.07, 6.45) is 1.98. The molecule has 0 spiro atoms. The minimum absolute atomic E-state index is 0.198. The average Bonchev–Trinajstić information content (AvgIpc) is 2.97. The summed E-state index contributed by atoms with van der Waals surface area (Å²) in [6.45, 7) is 1.77. The van der Waals surface area contributed by atoms with Crippen molar-refractivity contribution in [3.63, 3.8) is 0 Å². The lowest BCUT2D eigenvalue weighted by molar-refractivity contribution is 0.102. The van der Waals surface area contributed by atoms with Gasteiger partial charge in [-0.05, 0) is 43.5 Å². The van der Waals surface area contributed by atoms with Crippen LogP contribution in [0.1, 0.15) is 16.1 Å². The quantitative estimate of drug-likeness (QED) is 0.592. The van der Waals surface area contributed by atoms with E-state index in [2.05, 4.69) is 5.32 Å². The number of hydrogen-bond donors (Lipinski definition) is 1. The SMILES string of the molecule is CSc1ccccc1NC(=O)c1cc(-c2ccccc2Cl)oc1C. The number of benzene rings is 2. The highest BCUT2D eigenvalue weighted by Gasteiger charge is 2.18. The van der Waals surface area contributed by atoms with Gasteiger partial charge in [0.1, 0.15) is 11.5 Å². The van der Waals surface area contributed by atoms with Crippen LogP contribution in [0.3, 0.4) is 0 Å². The Morgan fingerprint density at radius 1 is 1.12 bits per heavy atom. The second kappa shape index (κ2) is 7.16. The number of carbonyl (C=O) groups is 1. The van der Waals surface area contributed by atoms with Crippen molar-refractivity contribution in [3.05, 3.63) is 70.9 Å². The molecule has 2 aromatic carbocycles. The predicted octanol–water partition coefficient (Wildman–Crippen LogP) is 5.88. The van der Waals surface area contributed by atoms with E-state index in [1.807, 2.05) is 48.7 Å². The largest absolute Gasteiger partial charge is 0.460 e. The Kier molecular flexibility index (Phi) is 4.97. The highest BCUT2D eigenvalue weighted by molar-refractivity contribution is 7.98. The molecule has 122 valence electrons. The summed E-state index contributed by atoms with van der Waals surface area (Å²) in [7, 11) is 0. The first kappa shape index (κ1) is 16.7. The molecule has 1 heterocycles. The van der Waals surface area contributed by atoms with Crippen molar-refractivity contribution in [1.82, 2.24) is 0 Å². The zero-order valence-corrected chi connectivity index (χ0v) is 14.9. The van der Waals surface area contributed by atoms with Crippen LogP contribution in [-0.2, 0) is 0 Å². The van der Waals surface area contributed by atoms with Crippen molar-refractivity contribution >= 4 is 35.0 Å². The lowest BCUT2D eigenvalue weighted by atomic mass is 10.1. The van der Waals surface area contributed by atoms with Gasteiger partial charge in [0.05, 0.1) is 16.3 Å². The van der Waals surface area contributed by atoms with Crippen LogP contribution in [0.5, 0.6) is 0 Å². The van der Waals surface area contributed by atoms with Gasteiger partial charge in [-0.3, -0.25) is 4.79 Å². The molecule has 0 saturated carbocycles. The summed E-state index contributed by atoms with van der Waals surface area (Å²) >= 11 is 7.79. The molecular formula is C19H16ClNO2S. The molecule has 5 heteroatoms. The Bertz CT molecular complexity index is 889. The zero-order valence-electron chi connectivity index (χ0n) is 13.3. The van der Waals surface area contributed by atoms with Crippen LogP contribution in [0.15, 0.2) is 63.9 Å². The first-order chi connectivity index (χ1) is 11.6. The van der Waals surface area contributed by atoms with Crippen LogP contribution in [0, 0.1) is 6.92 Å². The highest BCUT2D eigenvalue weighted by atomic mass is 35.5. The molecule has 1 aromatic heterocycles. The van der Waals surface area contributed by atoms with Crippen molar-refractivity contribution in [2.75, 3.05) is 11.6 Å². The van der Waals surface area contributed by atoms with E-state index in [4.69, 9.17) is 16.0 Å². The van der Waals surface area contributed by atoms with Crippen LogP contribution in [-0.4, -0.2) is 12.2 Å². The summed E-state index contributed by atoms with van der Waals surface area (Å²) in [6, 6.07) is 16.8. The molecule has 0 aliphatic carbocycles. The molecule has 3 rings (SSSR count). The fraction of sp³-hybridized carbons (Fsp3) is 0.105. The molecule has 0 aliphatic rings. The number of para-hydroxylation sites is 1. The number of nitrogens with one attached hydrogen (secondary N) is 1. The molecule has 0 fully saturated rings. The molecule has 0 unspecified atom stereocenters. The van der Waals surface area contributed by atoms with E-state index in [-0.39, 0.29) is 5.91 Å². The summed E-state index contributed by atoms with van der Waals surface area (Å²) < 4.78 is 5.75. The molecule has 1 N–H and O–H groups in total. The Labute approximate surface area is 150 Å². The first-order valence-electron chi connectivity index (χ1n) is 7.40. The van der Waals surface area contributed by atoms with Gasteiger partial charge in [0.25, 0.3) is 5.91 Å². The summed E-state index contributed by atoms with van der Waals surface area (Å²) in [5.74, 6) is 0.946. The number of rotatable bonds is 4. The van der Waals surface area contributed by atoms with Crippen molar-refractivity contribution in [2.45, 2.75) is 11.8 Å². The summed E-state index contributed by atoms with van der Waals surface area (Å²) in [5, 5.41) is 3.53. The van der Waals surface area contributed by atoms with Gasteiger partial charge in [-0.25, -0.2) is 0 Å². The van der Waals surface area contributed by atoms with E-state index in [9.17, 15) is 4.79 Å². The minimum atomic E-state index is -0.198. The molecule has 1 amide bonds. The average molecular weight is 358 g/mol. The fourth-order valence-corrected chi connectivity index (χ4v) is 3.22. The Hall–Kier alpha value is -2.17. The molecule has 3 aromatic rings. The number of halogens is 1. The third-order valence-corrected chi connectivity index (χ3v) is 4.78. The van der Waals surface area contributed by atoms with Gasteiger partial charge in [0.15, 0.2) is 0 Å². The van der Waals surface area contributed by atoms with E-state index in [1.165, 1.54) is 0 Å². The normalized spacial score (nSPS) is 10.6. The van der Waals surface area contributed by atoms with Crippen molar-refractivity contribution in [2.24, 2.45) is 0 Å². The van der Waals surface area contributed by atoms with Gasteiger partial charge >= 0.3 is 0 Å². The van der Waals surface area contributed by atoms with Gasteiger partial charge in [-0.1, -0.05) is 35.9 Å². The predicted molar refractivity (Wildman–Crippen MR) is 100 cm³/mol. The monoisotopic (exact) mass is 357 g/mol. The lowest BCUT2D eigenvalue weighted by Crippen LogP contribution is -2.12. The number of hydrogen-bond acceptors (Lipinski definition) is 3. The minimum Gasteiger partial charge on any atom is -0.460 e. The maximum Gasteiger partial charge on any atom is 0.259 e. The third-order valence-electron chi connectivity index (χ3n) is 3.66. The Morgan fingerprint density at radius 3 is 2.58 bits per heavy atom. The summed E-state index contributed by atoms with van der Waals surface area (Å²) in [4.78, 5) is 13.6. The third kappa shape index (κ3) is 3.35. The van der Waals surface area contributed by atoms with Crippen molar-refractivity contribution in [1.29, 1.82) is 0 Å². The first-order valence-corrected chi connectivity index (χ1v) is 9.00. The lowest BCUT2D eigenvalue weighted by Gasteiger charge is -2.08. The smallest absolute Gasteiger partial charge is 0.259 e. The van der Waals surface area contributed by atoms with E-state index in [1.54, 1.807) is 30.8 Å².